The predicted molar refractivity (Wildman–Crippen MR) is 80.2 cm³/mol. The van der Waals surface area contributed by atoms with E-state index in [9.17, 15) is 0 Å². The van der Waals surface area contributed by atoms with E-state index >= 15 is 0 Å². The molecule has 0 unspecified atom stereocenters. The Morgan fingerprint density at radius 1 is 1.20 bits per heavy atom. The molecule has 2 aliphatic heterocycles. The molecule has 0 spiro atoms. The number of aromatic nitrogens is 1. The molecular formula is C15H23BN2O2. The molecule has 3 heterocycles. The van der Waals surface area contributed by atoms with Crippen LogP contribution in [0, 0.1) is 0 Å². The minimum atomic E-state index is -0.297. The van der Waals surface area contributed by atoms with Crippen molar-refractivity contribution in [2.75, 3.05) is 20.1 Å². The molecule has 5 heteroatoms. The number of pyridine rings is 1. The third-order valence-electron chi connectivity index (χ3n) is 4.90. The number of hydrogen-bond acceptors (Lipinski definition) is 4. The minimum Gasteiger partial charge on any atom is -0.399 e. The van der Waals surface area contributed by atoms with Gasteiger partial charge in [-0.25, -0.2) is 0 Å². The normalized spacial score (nSPS) is 25.8. The number of likely N-dealkylation sites (N-methyl/N-ethyl adjacent to an activating group) is 1. The summed E-state index contributed by atoms with van der Waals surface area (Å²) in [5.41, 5.74) is 1.81. The van der Waals surface area contributed by atoms with E-state index in [4.69, 9.17) is 9.31 Å². The van der Waals surface area contributed by atoms with Crippen molar-refractivity contribution in [3.8, 4) is 0 Å². The summed E-state index contributed by atoms with van der Waals surface area (Å²) in [5, 5.41) is 0. The van der Waals surface area contributed by atoms with Crippen molar-refractivity contribution in [2.24, 2.45) is 0 Å². The highest BCUT2D eigenvalue weighted by molar-refractivity contribution is 6.62. The van der Waals surface area contributed by atoms with Crippen LogP contribution in [0.1, 0.15) is 39.2 Å². The molecule has 1 aromatic heterocycles. The van der Waals surface area contributed by atoms with Crippen molar-refractivity contribution >= 4 is 12.6 Å². The Kier molecular flexibility index (Phi) is 3.20. The number of rotatable bonds is 2. The van der Waals surface area contributed by atoms with Gasteiger partial charge in [0.05, 0.1) is 11.2 Å². The SMILES string of the molecule is CN1CC(c2cnccc2B2OC(C)(C)C(C)(C)O2)C1. The summed E-state index contributed by atoms with van der Waals surface area (Å²) in [6.45, 7) is 10.5. The second-order valence-corrected chi connectivity index (χ2v) is 7.01. The Balaban J connectivity index is 1.89. The molecule has 2 saturated heterocycles. The van der Waals surface area contributed by atoms with Gasteiger partial charge >= 0.3 is 7.12 Å². The second-order valence-electron chi connectivity index (χ2n) is 7.01. The molecule has 0 aliphatic carbocycles. The maximum absolute atomic E-state index is 6.17. The van der Waals surface area contributed by atoms with Crippen LogP contribution in [0.5, 0.6) is 0 Å². The van der Waals surface area contributed by atoms with E-state index in [-0.39, 0.29) is 18.3 Å². The first-order valence-electron chi connectivity index (χ1n) is 7.28. The maximum atomic E-state index is 6.17. The molecule has 4 nitrogen and oxygen atoms in total. The Morgan fingerprint density at radius 3 is 2.35 bits per heavy atom. The molecular weight excluding hydrogens is 251 g/mol. The summed E-state index contributed by atoms with van der Waals surface area (Å²) in [6.07, 6.45) is 3.80. The number of likely N-dealkylation sites (tertiary alicyclic amines) is 1. The topological polar surface area (TPSA) is 34.6 Å². The van der Waals surface area contributed by atoms with Crippen LogP contribution in [-0.2, 0) is 9.31 Å². The lowest BCUT2D eigenvalue weighted by atomic mass is 9.72. The fraction of sp³-hybridized carbons (Fsp3) is 0.667. The Bertz CT molecular complexity index is 496. The zero-order valence-electron chi connectivity index (χ0n) is 13.0. The second kappa shape index (κ2) is 4.55. The van der Waals surface area contributed by atoms with E-state index in [0.29, 0.717) is 5.92 Å². The lowest BCUT2D eigenvalue weighted by Crippen LogP contribution is -2.46. The minimum absolute atomic E-state index is 0.288. The molecule has 1 aromatic rings. The van der Waals surface area contributed by atoms with E-state index in [1.54, 1.807) is 0 Å². The quantitative estimate of drug-likeness (QED) is 0.764. The fourth-order valence-corrected chi connectivity index (χ4v) is 2.84. The van der Waals surface area contributed by atoms with Crippen LogP contribution in [0.3, 0.4) is 0 Å². The van der Waals surface area contributed by atoms with Gasteiger partial charge in [0.15, 0.2) is 0 Å². The highest BCUT2D eigenvalue weighted by atomic mass is 16.7. The molecule has 0 amide bonds. The summed E-state index contributed by atoms with van der Waals surface area (Å²) in [7, 11) is 1.85. The largest absolute Gasteiger partial charge is 0.495 e. The molecule has 0 atom stereocenters. The average Bonchev–Trinajstić information content (AvgIpc) is 2.55. The number of nitrogens with zero attached hydrogens (tertiary/aromatic N) is 2. The fourth-order valence-electron chi connectivity index (χ4n) is 2.84. The molecule has 0 N–H and O–H groups in total. The smallest absolute Gasteiger partial charge is 0.399 e. The van der Waals surface area contributed by atoms with Crippen LogP contribution in [0.2, 0.25) is 0 Å². The standard InChI is InChI=1S/C15H23BN2O2/c1-14(2)15(3,4)20-16(19-14)13-6-7-17-8-12(13)11-9-18(5)10-11/h6-8,11H,9-10H2,1-5H3. The number of hydrogen-bond donors (Lipinski definition) is 0. The van der Waals surface area contributed by atoms with Gasteiger partial charge in [-0.2, -0.15) is 0 Å². The van der Waals surface area contributed by atoms with E-state index in [1.807, 2.05) is 18.5 Å². The van der Waals surface area contributed by atoms with Crippen molar-refractivity contribution in [3.05, 3.63) is 24.0 Å². The van der Waals surface area contributed by atoms with Crippen LogP contribution in [-0.4, -0.2) is 48.3 Å². The van der Waals surface area contributed by atoms with Crippen molar-refractivity contribution in [1.82, 2.24) is 9.88 Å². The molecule has 0 radical (unpaired) electrons. The van der Waals surface area contributed by atoms with E-state index in [2.05, 4.69) is 44.6 Å². The molecule has 108 valence electrons. The van der Waals surface area contributed by atoms with E-state index in [0.717, 1.165) is 18.6 Å². The van der Waals surface area contributed by atoms with Gasteiger partial charge in [-0.1, -0.05) is 0 Å². The summed E-state index contributed by atoms with van der Waals surface area (Å²) >= 11 is 0. The highest BCUT2D eigenvalue weighted by Crippen LogP contribution is 2.37. The molecule has 2 fully saturated rings. The molecule has 0 saturated carbocycles. The highest BCUT2D eigenvalue weighted by Gasteiger charge is 2.52. The summed E-state index contributed by atoms with van der Waals surface area (Å²) in [6, 6.07) is 2.04. The van der Waals surface area contributed by atoms with Crippen LogP contribution < -0.4 is 5.46 Å². The molecule has 3 rings (SSSR count). The van der Waals surface area contributed by atoms with Gasteiger partial charge in [-0.15, -0.1) is 0 Å². The average molecular weight is 274 g/mol. The van der Waals surface area contributed by atoms with Crippen molar-refractivity contribution in [1.29, 1.82) is 0 Å². The Labute approximate surface area is 121 Å². The van der Waals surface area contributed by atoms with Gasteiger partial charge in [0, 0.05) is 31.4 Å². The van der Waals surface area contributed by atoms with Crippen molar-refractivity contribution in [3.63, 3.8) is 0 Å². The van der Waals surface area contributed by atoms with Gasteiger partial charge in [0.1, 0.15) is 0 Å². The molecule has 0 bridgehead atoms. The van der Waals surface area contributed by atoms with Crippen molar-refractivity contribution < 1.29 is 9.31 Å². The first-order chi connectivity index (χ1) is 9.30. The van der Waals surface area contributed by atoms with Crippen LogP contribution in [0.4, 0.5) is 0 Å². The molecule has 0 aromatic carbocycles. The van der Waals surface area contributed by atoms with Crippen LogP contribution in [0.25, 0.3) is 0 Å². The van der Waals surface area contributed by atoms with Gasteiger partial charge in [-0.3, -0.25) is 4.98 Å². The van der Waals surface area contributed by atoms with E-state index in [1.165, 1.54) is 5.56 Å². The van der Waals surface area contributed by atoms with Crippen LogP contribution in [0.15, 0.2) is 18.5 Å². The van der Waals surface area contributed by atoms with Gasteiger partial charge in [0.25, 0.3) is 0 Å². The Hall–Kier alpha value is -0.905. The van der Waals surface area contributed by atoms with Gasteiger partial charge in [-0.05, 0) is 51.8 Å². The summed E-state index contributed by atoms with van der Waals surface area (Å²) < 4.78 is 12.3. The lowest BCUT2D eigenvalue weighted by molar-refractivity contribution is 0.00578. The Morgan fingerprint density at radius 2 is 1.80 bits per heavy atom. The zero-order chi connectivity index (χ0) is 14.5. The van der Waals surface area contributed by atoms with Crippen molar-refractivity contribution in [2.45, 2.75) is 44.8 Å². The summed E-state index contributed by atoms with van der Waals surface area (Å²) in [4.78, 5) is 6.60. The summed E-state index contributed by atoms with van der Waals surface area (Å²) in [5.74, 6) is 0.544. The predicted octanol–water partition coefficient (Wildman–Crippen LogP) is 1.41. The molecule has 20 heavy (non-hydrogen) atoms. The maximum Gasteiger partial charge on any atom is 0.495 e. The first-order valence-corrected chi connectivity index (χ1v) is 7.28. The van der Waals surface area contributed by atoms with E-state index < -0.39 is 0 Å². The lowest BCUT2D eigenvalue weighted by Gasteiger charge is -2.37. The van der Waals surface area contributed by atoms with Gasteiger partial charge < -0.3 is 14.2 Å². The van der Waals surface area contributed by atoms with Gasteiger partial charge in [0.2, 0.25) is 0 Å². The zero-order valence-corrected chi connectivity index (χ0v) is 13.0. The third-order valence-corrected chi connectivity index (χ3v) is 4.90. The monoisotopic (exact) mass is 274 g/mol. The first kappa shape index (κ1) is 14.0. The van der Waals surface area contributed by atoms with Crippen LogP contribution >= 0.6 is 0 Å². The third kappa shape index (κ3) is 2.18. The molecule has 2 aliphatic rings.